The Bertz CT molecular complexity index is 933. The van der Waals surface area contributed by atoms with E-state index in [0.29, 0.717) is 30.2 Å². The number of alkyl halides is 2. The molecule has 33 heavy (non-hydrogen) atoms. The Morgan fingerprint density at radius 2 is 2.03 bits per heavy atom. The van der Waals surface area contributed by atoms with Gasteiger partial charge in [0.2, 0.25) is 11.8 Å². The molecule has 1 aromatic heterocycles. The second kappa shape index (κ2) is 11.4. The molecule has 1 saturated heterocycles. The summed E-state index contributed by atoms with van der Waals surface area (Å²) >= 11 is 6.40. The summed E-state index contributed by atoms with van der Waals surface area (Å²) in [6.45, 7) is 3.92. The fourth-order valence-corrected chi connectivity index (χ4v) is 3.66. The van der Waals surface area contributed by atoms with Crippen molar-refractivity contribution in [3.63, 3.8) is 0 Å². The zero-order valence-corrected chi connectivity index (χ0v) is 19.1. The van der Waals surface area contributed by atoms with Crippen LogP contribution in [0.2, 0.25) is 5.02 Å². The lowest BCUT2D eigenvalue weighted by Crippen LogP contribution is -2.31. The van der Waals surface area contributed by atoms with Gasteiger partial charge in [0.15, 0.2) is 5.82 Å². The van der Waals surface area contributed by atoms with Crippen molar-refractivity contribution in [3.8, 4) is 11.6 Å². The van der Waals surface area contributed by atoms with Crippen molar-refractivity contribution in [2.75, 3.05) is 31.1 Å². The molecule has 1 fully saturated rings. The van der Waals surface area contributed by atoms with Crippen LogP contribution in [0.25, 0.3) is 0 Å². The minimum atomic E-state index is -2.58. The van der Waals surface area contributed by atoms with Crippen molar-refractivity contribution in [2.45, 2.75) is 44.8 Å². The van der Waals surface area contributed by atoms with E-state index in [2.05, 4.69) is 15.3 Å². The molecule has 1 amide bonds. The number of hydrogen-bond acceptors (Lipinski definition) is 7. The van der Waals surface area contributed by atoms with E-state index in [9.17, 15) is 18.7 Å². The van der Waals surface area contributed by atoms with Crippen LogP contribution in [0.5, 0.6) is 11.6 Å². The van der Waals surface area contributed by atoms with Crippen LogP contribution >= 0.6 is 11.6 Å². The maximum Gasteiger partial charge on any atom is 0.255 e. The van der Waals surface area contributed by atoms with Gasteiger partial charge in [0, 0.05) is 13.0 Å². The maximum atomic E-state index is 12.3. The zero-order valence-electron chi connectivity index (χ0n) is 18.4. The highest BCUT2D eigenvalue weighted by atomic mass is 35.5. The van der Waals surface area contributed by atoms with Crippen LogP contribution in [-0.2, 0) is 4.79 Å². The molecule has 3 atom stereocenters. The van der Waals surface area contributed by atoms with E-state index in [0.717, 1.165) is 6.42 Å². The molecule has 0 radical (unpaired) electrons. The average molecular weight is 485 g/mol. The molecule has 0 spiro atoms. The van der Waals surface area contributed by atoms with Gasteiger partial charge in [-0.3, -0.25) is 4.79 Å². The first-order valence-corrected chi connectivity index (χ1v) is 11.0. The molecule has 1 aromatic carbocycles. The summed E-state index contributed by atoms with van der Waals surface area (Å²) in [5, 5.41) is 11.9. The van der Waals surface area contributed by atoms with Gasteiger partial charge in [-0.05, 0) is 31.5 Å². The third-order valence-corrected chi connectivity index (χ3v) is 5.48. The van der Waals surface area contributed by atoms with Gasteiger partial charge >= 0.3 is 0 Å². The Balaban J connectivity index is 1.56. The highest BCUT2D eigenvalue weighted by Gasteiger charge is 2.28. The van der Waals surface area contributed by atoms with Crippen molar-refractivity contribution in [2.24, 2.45) is 0 Å². The number of aromatic nitrogens is 2. The number of hydrogen-bond donors (Lipinski definition) is 2. The predicted molar refractivity (Wildman–Crippen MR) is 119 cm³/mol. The topological polar surface area (TPSA) is 96.8 Å². The number of carbonyl (C=O) groups is 1. The lowest BCUT2D eigenvalue weighted by atomic mass is 10.0. The molecule has 0 aliphatic carbocycles. The van der Waals surface area contributed by atoms with Crippen molar-refractivity contribution >= 4 is 23.3 Å². The number of nitrogens with one attached hydrogen (secondary N) is 1. The average Bonchev–Trinajstić information content (AvgIpc) is 3.24. The molecular weight excluding hydrogens is 458 g/mol. The lowest BCUT2D eigenvalue weighted by Gasteiger charge is -2.20. The van der Waals surface area contributed by atoms with Crippen molar-refractivity contribution in [3.05, 3.63) is 41.2 Å². The number of ether oxygens (including phenoxy) is 2. The Morgan fingerprint density at radius 3 is 2.70 bits per heavy atom. The monoisotopic (exact) mass is 484 g/mol. The summed E-state index contributed by atoms with van der Waals surface area (Å²) in [4.78, 5) is 22.3. The largest absolute Gasteiger partial charge is 0.489 e. The Morgan fingerprint density at radius 1 is 1.30 bits per heavy atom. The van der Waals surface area contributed by atoms with Gasteiger partial charge < -0.3 is 24.8 Å². The summed E-state index contributed by atoms with van der Waals surface area (Å²) < 4.78 is 36.1. The van der Waals surface area contributed by atoms with Crippen LogP contribution in [-0.4, -0.2) is 65.9 Å². The number of rotatable bonds is 10. The molecule has 180 valence electrons. The lowest BCUT2D eigenvalue weighted by molar-refractivity contribution is -0.122. The number of amides is 1. The summed E-state index contributed by atoms with van der Waals surface area (Å²) in [5.74, 6) is 0.394. The number of anilines is 1. The van der Waals surface area contributed by atoms with Gasteiger partial charge in [-0.15, -0.1) is 0 Å². The molecule has 1 aliphatic rings. The smallest absolute Gasteiger partial charge is 0.255 e. The van der Waals surface area contributed by atoms with Crippen molar-refractivity contribution < 1.29 is 28.2 Å². The summed E-state index contributed by atoms with van der Waals surface area (Å²) in [7, 11) is 0. The first kappa shape index (κ1) is 24.9. The number of carbonyl (C=O) groups excluding carboxylic acids is 1. The minimum absolute atomic E-state index is 0.0738. The summed E-state index contributed by atoms with van der Waals surface area (Å²) in [6.07, 6.45) is -1.22. The molecule has 2 aromatic rings. The minimum Gasteiger partial charge on any atom is -0.489 e. The van der Waals surface area contributed by atoms with Crippen LogP contribution in [0.3, 0.4) is 0 Å². The fourth-order valence-electron chi connectivity index (χ4n) is 3.39. The Kier molecular flexibility index (Phi) is 8.62. The van der Waals surface area contributed by atoms with Crippen LogP contribution in [0, 0.1) is 0 Å². The third kappa shape index (κ3) is 6.88. The summed E-state index contributed by atoms with van der Waals surface area (Å²) in [5.41, 5.74) is 0.708. The van der Waals surface area contributed by atoms with Gasteiger partial charge in [-0.25, -0.2) is 18.7 Å². The Labute approximate surface area is 195 Å². The van der Waals surface area contributed by atoms with Crippen LogP contribution in [0.4, 0.5) is 14.6 Å². The highest BCUT2D eigenvalue weighted by Crippen LogP contribution is 2.33. The second-order valence-electron chi connectivity index (χ2n) is 7.88. The van der Waals surface area contributed by atoms with Crippen LogP contribution in [0.15, 0.2) is 30.6 Å². The number of benzene rings is 1. The second-order valence-corrected chi connectivity index (χ2v) is 8.26. The number of halogens is 3. The van der Waals surface area contributed by atoms with Gasteiger partial charge in [0.05, 0.1) is 25.1 Å². The number of aliphatic hydroxyl groups is 1. The van der Waals surface area contributed by atoms with Gasteiger partial charge in [-0.1, -0.05) is 23.7 Å². The SMILES string of the molecule is CC(O)COc1ncnc(N2CCC(Oc3ccc(C(C)C(=O)NCC(F)F)cc3)C2)c1Cl. The molecule has 2 heterocycles. The molecule has 11 heteroatoms. The van der Waals surface area contributed by atoms with Gasteiger partial charge in [0.25, 0.3) is 6.43 Å². The van der Waals surface area contributed by atoms with Gasteiger partial charge in [-0.2, -0.15) is 0 Å². The van der Waals surface area contributed by atoms with Gasteiger partial charge in [0.1, 0.15) is 29.8 Å². The molecule has 1 aliphatic heterocycles. The van der Waals surface area contributed by atoms with Crippen LogP contribution < -0.4 is 19.7 Å². The van der Waals surface area contributed by atoms with Crippen molar-refractivity contribution in [1.29, 1.82) is 0 Å². The van der Waals surface area contributed by atoms with E-state index in [1.165, 1.54) is 6.33 Å². The van der Waals surface area contributed by atoms with E-state index in [4.69, 9.17) is 21.1 Å². The highest BCUT2D eigenvalue weighted by molar-refractivity contribution is 6.34. The standard InChI is InChI=1S/C22H27ClF2N4O4/c1-13(30)11-32-22-19(23)20(27-12-28-22)29-8-7-17(10-29)33-16-5-3-15(4-6-16)14(2)21(31)26-9-18(24)25/h3-6,12-14,17-18,30H,7-11H2,1-2H3,(H,26,31). The molecule has 8 nitrogen and oxygen atoms in total. The third-order valence-electron chi connectivity index (χ3n) is 5.15. The molecule has 0 bridgehead atoms. The molecule has 2 N–H and O–H groups in total. The molecule has 3 rings (SSSR count). The summed E-state index contributed by atoms with van der Waals surface area (Å²) in [6, 6.07) is 7.02. The fraction of sp³-hybridized carbons (Fsp3) is 0.500. The van der Waals surface area contributed by atoms with Crippen molar-refractivity contribution in [1.82, 2.24) is 15.3 Å². The first-order chi connectivity index (χ1) is 15.7. The molecule has 0 saturated carbocycles. The zero-order chi connectivity index (χ0) is 24.0. The van der Waals surface area contributed by atoms with E-state index in [-0.39, 0.29) is 23.6 Å². The van der Waals surface area contributed by atoms with E-state index >= 15 is 0 Å². The number of aliphatic hydroxyl groups excluding tert-OH is 1. The van der Waals surface area contributed by atoms with E-state index in [1.807, 2.05) is 4.90 Å². The maximum absolute atomic E-state index is 12.3. The van der Waals surface area contributed by atoms with E-state index in [1.54, 1.807) is 38.1 Å². The molecular formula is C22H27ClF2N4O4. The first-order valence-electron chi connectivity index (χ1n) is 10.6. The number of nitrogens with zero attached hydrogens (tertiary/aromatic N) is 3. The predicted octanol–water partition coefficient (Wildman–Crippen LogP) is 3.03. The Hall–Kier alpha value is -2.72. The molecule has 3 unspecified atom stereocenters. The van der Waals surface area contributed by atoms with Crippen LogP contribution in [0.1, 0.15) is 31.7 Å². The quantitative estimate of drug-likeness (QED) is 0.535. The normalized spacial score (nSPS) is 17.7. The van der Waals surface area contributed by atoms with E-state index < -0.39 is 30.9 Å².